The molecular formula is C14H13ClFN. The highest BCUT2D eigenvalue weighted by Gasteiger charge is 2.05. The van der Waals surface area contributed by atoms with E-state index in [1.54, 1.807) is 12.1 Å². The van der Waals surface area contributed by atoms with Gasteiger partial charge in [-0.2, -0.15) is 0 Å². The molecule has 0 amide bonds. The molecule has 88 valence electrons. The summed E-state index contributed by atoms with van der Waals surface area (Å²) in [6.45, 7) is 1.93. The highest BCUT2D eigenvalue weighted by atomic mass is 35.5. The molecule has 0 saturated carbocycles. The van der Waals surface area contributed by atoms with Gasteiger partial charge < -0.3 is 5.73 Å². The molecule has 0 radical (unpaired) electrons. The van der Waals surface area contributed by atoms with E-state index in [1.165, 1.54) is 6.07 Å². The summed E-state index contributed by atoms with van der Waals surface area (Å²) in [5.74, 6) is -0.404. The minimum absolute atomic E-state index is 0.0223. The van der Waals surface area contributed by atoms with Crippen molar-refractivity contribution in [2.24, 2.45) is 5.73 Å². The molecule has 2 aromatic rings. The number of hydrogen-bond donors (Lipinski definition) is 1. The predicted molar refractivity (Wildman–Crippen MR) is 69.4 cm³/mol. The predicted octanol–water partition coefficient (Wildman–Crippen LogP) is 4.17. The van der Waals surface area contributed by atoms with Gasteiger partial charge in [-0.1, -0.05) is 35.9 Å². The summed E-state index contributed by atoms with van der Waals surface area (Å²) in [5, 5.41) is 0.133. The van der Waals surface area contributed by atoms with Crippen molar-refractivity contribution >= 4 is 11.6 Å². The monoisotopic (exact) mass is 249 g/mol. The summed E-state index contributed by atoms with van der Waals surface area (Å²) in [6, 6.07) is 12.5. The molecule has 0 fully saturated rings. The average Bonchev–Trinajstić information content (AvgIpc) is 2.33. The van der Waals surface area contributed by atoms with Gasteiger partial charge in [-0.05, 0) is 41.8 Å². The molecule has 0 aliphatic heterocycles. The van der Waals surface area contributed by atoms with Crippen molar-refractivity contribution in [1.29, 1.82) is 0 Å². The first-order valence-corrected chi connectivity index (χ1v) is 5.76. The topological polar surface area (TPSA) is 26.0 Å². The van der Waals surface area contributed by atoms with Gasteiger partial charge in [0.2, 0.25) is 0 Å². The SMILES string of the molecule is CC(N)c1cccc(-c2ccc(F)c(Cl)c2)c1. The molecule has 2 N–H and O–H groups in total. The first-order valence-electron chi connectivity index (χ1n) is 5.39. The number of rotatable bonds is 2. The largest absolute Gasteiger partial charge is 0.324 e. The summed E-state index contributed by atoms with van der Waals surface area (Å²) in [6.07, 6.45) is 0. The van der Waals surface area contributed by atoms with Gasteiger partial charge in [0.25, 0.3) is 0 Å². The zero-order chi connectivity index (χ0) is 12.4. The fourth-order valence-corrected chi connectivity index (χ4v) is 1.86. The van der Waals surface area contributed by atoms with Crippen molar-refractivity contribution in [3.8, 4) is 11.1 Å². The summed E-state index contributed by atoms with van der Waals surface area (Å²) >= 11 is 5.77. The van der Waals surface area contributed by atoms with E-state index in [2.05, 4.69) is 0 Å². The zero-order valence-corrected chi connectivity index (χ0v) is 10.2. The third-order valence-corrected chi connectivity index (χ3v) is 2.95. The smallest absolute Gasteiger partial charge is 0.141 e. The van der Waals surface area contributed by atoms with Gasteiger partial charge in [0.15, 0.2) is 0 Å². The van der Waals surface area contributed by atoms with Gasteiger partial charge in [0.1, 0.15) is 5.82 Å². The average molecular weight is 250 g/mol. The van der Waals surface area contributed by atoms with Gasteiger partial charge in [-0.15, -0.1) is 0 Å². The maximum absolute atomic E-state index is 13.1. The molecule has 17 heavy (non-hydrogen) atoms. The van der Waals surface area contributed by atoms with Crippen LogP contribution in [0.2, 0.25) is 5.02 Å². The Morgan fingerprint density at radius 3 is 2.47 bits per heavy atom. The second-order valence-electron chi connectivity index (χ2n) is 4.04. The molecule has 1 nitrogen and oxygen atoms in total. The first-order chi connectivity index (χ1) is 8.08. The third kappa shape index (κ3) is 2.65. The molecule has 0 bridgehead atoms. The standard InChI is InChI=1S/C14H13ClFN/c1-9(17)10-3-2-4-11(7-10)12-5-6-14(16)13(15)8-12/h2-9H,17H2,1H3. The van der Waals surface area contributed by atoms with Crippen LogP contribution in [0.3, 0.4) is 0 Å². The quantitative estimate of drug-likeness (QED) is 0.850. The maximum Gasteiger partial charge on any atom is 0.141 e. The fraction of sp³-hybridized carbons (Fsp3) is 0.143. The van der Waals surface area contributed by atoms with Crippen LogP contribution in [0.25, 0.3) is 11.1 Å². The van der Waals surface area contributed by atoms with E-state index >= 15 is 0 Å². The van der Waals surface area contributed by atoms with Crippen LogP contribution in [0.5, 0.6) is 0 Å². The van der Waals surface area contributed by atoms with Gasteiger partial charge in [0, 0.05) is 6.04 Å². The molecule has 0 aliphatic carbocycles. The lowest BCUT2D eigenvalue weighted by Crippen LogP contribution is -2.04. The highest BCUT2D eigenvalue weighted by molar-refractivity contribution is 6.31. The molecular weight excluding hydrogens is 237 g/mol. The van der Waals surface area contributed by atoms with Crippen molar-refractivity contribution in [1.82, 2.24) is 0 Å². The molecule has 0 aliphatic rings. The molecule has 0 spiro atoms. The van der Waals surface area contributed by atoms with E-state index < -0.39 is 5.82 Å². The van der Waals surface area contributed by atoms with E-state index in [-0.39, 0.29) is 11.1 Å². The second kappa shape index (κ2) is 4.86. The molecule has 2 aromatic carbocycles. The van der Waals surface area contributed by atoms with Crippen molar-refractivity contribution in [2.75, 3.05) is 0 Å². The van der Waals surface area contributed by atoms with Crippen LogP contribution in [-0.4, -0.2) is 0 Å². The number of nitrogens with two attached hydrogens (primary N) is 1. The van der Waals surface area contributed by atoms with E-state index in [0.717, 1.165) is 16.7 Å². The Labute approximate surface area is 105 Å². The van der Waals surface area contributed by atoms with Crippen molar-refractivity contribution in [3.63, 3.8) is 0 Å². The molecule has 1 unspecified atom stereocenters. The molecule has 0 heterocycles. The third-order valence-electron chi connectivity index (χ3n) is 2.67. The Bertz CT molecular complexity index is 537. The summed E-state index contributed by atoms with van der Waals surface area (Å²) in [7, 11) is 0. The molecule has 3 heteroatoms. The van der Waals surface area contributed by atoms with Crippen LogP contribution in [-0.2, 0) is 0 Å². The van der Waals surface area contributed by atoms with Gasteiger partial charge in [0.05, 0.1) is 5.02 Å². The normalized spacial score (nSPS) is 12.5. The molecule has 1 atom stereocenters. The fourth-order valence-electron chi connectivity index (χ4n) is 1.68. The van der Waals surface area contributed by atoms with Crippen molar-refractivity contribution < 1.29 is 4.39 Å². The number of benzene rings is 2. The van der Waals surface area contributed by atoms with Gasteiger partial charge in [-0.25, -0.2) is 4.39 Å². The summed E-state index contributed by atoms with van der Waals surface area (Å²) in [5.41, 5.74) is 8.75. The molecule has 0 saturated heterocycles. The minimum Gasteiger partial charge on any atom is -0.324 e. The zero-order valence-electron chi connectivity index (χ0n) is 9.45. The van der Waals surface area contributed by atoms with E-state index in [9.17, 15) is 4.39 Å². The lowest BCUT2D eigenvalue weighted by Gasteiger charge is -2.08. The second-order valence-corrected chi connectivity index (χ2v) is 4.45. The summed E-state index contributed by atoms with van der Waals surface area (Å²) < 4.78 is 13.1. The molecule has 2 rings (SSSR count). The Kier molecular flexibility index (Phi) is 3.46. The number of halogens is 2. The lowest BCUT2D eigenvalue weighted by molar-refractivity contribution is 0.628. The number of hydrogen-bond acceptors (Lipinski definition) is 1. The van der Waals surface area contributed by atoms with Crippen LogP contribution in [0.4, 0.5) is 4.39 Å². The van der Waals surface area contributed by atoms with E-state index in [0.29, 0.717) is 0 Å². The Balaban J connectivity index is 2.45. The molecule has 0 aromatic heterocycles. The Hall–Kier alpha value is -1.38. The van der Waals surface area contributed by atoms with Crippen LogP contribution in [0.1, 0.15) is 18.5 Å². The Morgan fingerprint density at radius 1 is 1.12 bits per heavy atom. The van der Waals surface area contributed by atoms with E-state index in [1.807, 2.05) is 31.2 Å². The maximum atomic E-state index is 13.1. The highest BCUT2D eigenvalue weighted by Crippen LogP contribution is 2.26. The van der Waals surface area contributed by atoms with Gasteiger partial charge >= 0.3 is 0 Å². The van der Waals surface area contributed by atoms with Crippen LogP contribution >= 0.6 is 11.6 Å². The van der Waals surface area contributed by atoms with Crippen LogP contribution < -0.4 is 5.73 Å². The van der Waals surface area contributed by atoms with Crippen LogP contribution in [0.15, 0.2) is 42.5 Å². The van der Waals surface area contributed by atoms with Crippen LogP contribution in [0, 0.1) is 5.82 Å². The minimum atomic E-state index is -0.404. The first kappa shape index (κ1) is 12.1. The van der Waals surface area contributed by atoms with Gasteiger partial charge in [-0.3, -0.25) is 0 Å². The van der Waals surface area contributed by atoms with E-state index in [4.69, 9.17) is 17.3 Å². The Morgan fingerprint density at radius 2 is 1.82 bits per heavy atom. The van der Waals surface area contributed by atoms with Crippen molar-refractivity contribution in [2.45, 2.75) is 13.0 Å². The van der Waals surface area contributed by atoms with Crippen molar-refractivity contribution in [3.05, 3.63) is 58.9 Å². The lowest BCUT2D eigenvalue weighted by atomic mass is 10.0. The summed E-state index contributed by atoms with van der Waals surface area (Å²) in [4.78, 5) is 0.